The predicted molar refractivity (Wildman–Crippen MR) is 67.1 cm³/mol. The molecule has 0 radical (unpaired) electrons. The number of unbranched alkanes of at least 4 members (excludes halogenated alkanes) is 3. The molecular weight excluding hydrogens is 244 g/mol. The standard InChI is InChI=1S/C11H19ClN2O3/c1-9(12)8-14-11(17)13-7-5-3-2-4-6-10(15)16/h1-8H2,(H,15,16)(H2,13,14,17). The molecule has 0 aliphatic carbocycles. The molecule has 0 saturated heterocycles. The minimum Gasteiger partial charge on any atom is -0.481 e. The maximum absolute atomic E-state index is 11.1. The third-order valence-corrected chi connectivity index (χ3v) is 2.18. The molecule has 2 amide bonds. The normalized spacial score (nSPS) is 9.71. The largest absolute Gasteiger partial charge is 0.481 e. The van der Waals surface area contributed by atoms with Crippen molar-refractivity contribution in [2.45, 2.75) is 32.1 Å². The minimum absolute atomic E-state index is 0.214. The van der Waals surface area contributed by atoms with E-state index in [2.05, 4.69) is 17.2 Å². The van der Waals surface area contributed by atoms with Crippen molar-refractivity contribution in [1.82, 2.24) is 10.6 Å². The van der Waals surface area contributed by atoms with Crippen molar-refractivity contribution >= 4 is 23.6 Å². The number of halogens is 1. The second-order valence-electron chi connectivity index (χ2n) is 3.68. The number of nitrogens with one attached hydrogen (secondary N) is 2. The monoisotopic (exact) mass is 262 g/mol. The molecule has 0 spiro atoms. The number of hydrogen-bond donors (Lipinski definition) is 3. The summed E-state index contributed by atoms with van der Waals surface area (Å²) in [6.07, 6.45) is 3.53. The first kappa shape index (κ1) is 15.8. The van der Waals surface area contributed by atoms with E-state index in [-0.39, 0.29) is 19.0 Å². The second kappa shape index (κ2) is 9.96. The van der Waals surface area contributed by atoms with Gasteiger partial charge in [-0.2, -0.15) is 0 Å². The van der Waals surface area contributed by atoms with Gasteiger partial charge in [0, 0.05) is 18.0 Å². The van der Waals surface area contributed by atoms with E-state index in [0.29, 0.717) is 18.0 Å². The molecule has 0 aromatic rings. The van der Waals surface area contributed by atoms with Gasteiger partial charge >= 0.3 is 12.0 Å². The van der Waals surface area contributed by atoms with Gasteiger partial charge in [0.15, 0.2) is 0 Å². The van der Waals surface area contributed by atoms with Crippen LogP contribution in [-0.2, 0) is 4.79 Å². The number of rotatable bonds is 9. The zero-order valence-electron chi connectivity index (χ0n) is 9.80. The Kier molecular flexibility index (Phi) is 9.24. The number of carbonyl (C=O) groups excluding carboxylic acids is 1. The summed E-state index contributed by atoms with van der Waals surface area (Å²) in [6.45, 7) is 4.28. The van der Waals surface area contributed by atoms with Gasteiger partial charge in [-0.1, -0.05) is 31.0 Å². The van der Waals surface area contributed by atoms with Crippen LogP contribution in [0, 0.1) is 0 Å². The third kappa shape index (κ3) is 12.7. The maximum atomic E-state index is 11.1. The molecule has 0 saturated carbocycles. The molecule has 0 bridgehead atoms. The van der Waals surface area contributed by atoms with Crippen molar-refractivity contribution in [3.8, 4) is 0 Å². The number of aliphatic carboxylic acids is 1. The van der Waals surface area contributed by atoms with Gasteiger partial charge in [0.1, 0.15) is 0 Å². The molecule has 98 valence electrons. The molecule has 0 atom stereocenters. The highest BCUT2D eigenvalue weighted by atomic mass is 35.5. The zero-order chi connectivity index (χ0) is 13.1. The summed E-state index contributed by atoms with van der Waals surface area (Å²) in [5, 5.41) is 14.0. The highest BCUT2D eigenvalue weighted by Crippen LogP contribution is 2.02. The molecule has 0 aliphatic rings. The number of hydrogen-bond acceptors (Lipinski definition) is 2. The molecule has 6 heteroatoms. The van der Waals surface area contributed by atoms with Crippen LogP contribution in [0.4, 0.5) is 4.79 Å². The van der Waals surface area contributed by atoms with Gasteiger partial charge < -0.3 is 15.7 Å². The fourth-order valence-corrected chi connectivity index (χ4v) is 1.26. The molecule has 0 heterocycles. The quantitative estimate of drug-likeness (QED) is 0.557. The van der Waals surface area contributed by atoms with Gasteiger partial charge in [0.2, 0.25) is 0 Å². The summed E-state index contributed by atoms with van der Waals surface area (Å²) < 4.78 is 0. The summed E-state index contributed by atoms with van der Waals surface area (Å²) >= 11 is 5.48. The van der Waals surface area contributed by atoms with Crippen molar-refractivity contribution in [1.29, 1.82) is 0 Å². The summed E-state index contributed by atoms with van der Waals surface area (Å²) in [4.78, 5) is 21.3. The Morgan fingerprint density at radius 3 is 2.35 bits per heavy atom. The Balaban J connectivity index is 3.24. The van der Waals surface area contributed by atoms with Gasteiger partial charge in [-0.15, -0.1) is 0 Å². The van der Waals surface area contributed by atoms with Gasteiger partial charge in [-0.05, 0) is 12.8 Å². The van der Waals surface area contributed by atoms with E-state index in [1.165, 1.54) is 0 Å². The Hall–Kier alpha value is -1.23. The van der Waals surface area contributed by atoms with E-state index < -0.39 is 5.97 Å². The van der Waals surface area contributed by atoms with Crippen LogP contribution in [0.15, 0.2) is 11.6 Å². The molecule has 3 N–H and O–H groups in total. The number of urea groups is 1. The van der Waals surface area contributed by atoms with Crippen LogP contribution in [0.3, 0.4) is 0 Å². The molecule has 5 nitrogen and oxygen atoms in total. The Labute approximate surface area is 106 Å². The van der Waals surface area contributed by atoms with E-state index in [1.54, 1.807) is 0 Å². The van der Waals surface area contributed by atoms with Crippen LogP contribution < -0.4 is 10.6 Å². The van der Waals surface area contributed by atoms with E-state index in [1.807, 2.05) is 0 Å². The first-order chi connectivity index (χ1) is 8.02. The fourth-order valence-electron chi connectivity index (χ4n) is 1.20. The van der Waals surface area contributed by atoms with Gasteiger partial charge in [0.05, 0.1) is 6.54 Å². The third-order valence-electron chi connectivity index (χ3n) is 2.04. The zero-order valence-corrected chi connectivity index (χ0v) is 10.6. The molecule has 0 unspecified atom stereocenters. The van der Waals surface area contributed by atoms with Crippen LogP contribution in [0.25, 0.3) is 0 Å². The van der Waals surface area contributed by atoms with Crippen LogP contribution in [0.5, 0.6) is 0 Å². The lowest BCUT2D eigenvalue weighted by molar-refractivity contribution is -0.137. The van der Waals surface area contributed by atoms with Crippen molar-refractivity contribution in [3.63, 3.8) is 0 Å². The summed E-state index contributed by atoms with van der Waals surface area (Å²) in [5.41, 5.74) is 0. The smallest absolute Gasteiger partial charge is 0.315 e. The first-order valence-corrected chi connectivity index (χ1v) is 5.97. The van der Waals surface area contributed by atoms with Crippen LogP contribution >= 0.6 is 11.6 Å². The average molecular weight is 263 g/mol. The minimum atomic E-state index is -0.760. The second-order valence-corrected chi connectivity index (χ2v) is 4.22. The molecule has 17 heavy (non-hydrogen) atoms. The van der Waals surface area contributed by atoms with Crippen molar-refractivity contribution in [3.05, 3.63) is 11.6 Å². The molecule has 0 fully saturated rings. The van der Waals surface area contributed by atoms with Crippen molar-refractivity contribution in [2.24, 2.45) is 0 Å². The first-order valence-electron chi connectivity index (χ1n) is 5.59. The molecule has 0 aromatic heterocycles. The van der Waals surface area contributed by atoms with Crippen molar-refractivity contribution < 1.29 is 14.7 Å². The summed E-state index contributed by atoms with van der Waals surface area (Å²) in [5.74, 6) is -0.760. The van der Waals surface area contributed by atoms with E-state index in [0.717, 1.165) is 19.3 Å². The maximum Gasteiger partial charge on any atom is 0.315 e. The Morgan fingerprint density at radius 2 is 1.76 bits per heavy atom. The number of carboxylic acids is 1. The van der Waals surface area contributed by atoms with Crippen LogP contribution in [0.2, 0.25) is 0 Å². The molecular formula is C11H19ClN2O3. The van der Waals surface area contributed by atoms with Crippen molar-refractivity contribution in [2.75, 3.05) is 13.1 Å². The lowest BCUT2D eigenvalue weighted by Crippen LogP contribution is -2.36. The van der Waals surface area contributed by atoms with Gasteiger partial charge in [0.25, 0.3) is 0 Å². The van der Waals surface area contributed by atoms with Gasteiger partial charge in [-0.3, -0.25) is 4.79 Å². The SMILES string of the molecule is C=C(Cl)CNC(=O)NCCCCCCC(=O)O. The molecule has 0 rings (SSSR count). The van der Waals surface area contributed by atoms with E-state index in [4.69, 9.17) is 16.7 Å². The lowest BCUT2D eigenvalue weighted by atomic mass is 10.1. The number of carbonyl (C=O) groups is 2. The van der Waals surface area contributed by atoms with Crippen LogP contribution in [0.1, 0.15) is 32.1 Å². The number of carboxylic acid groups (broad SMARTS) is 1. The Morgan fingerprint density at radius 1 is 1.12 bits per heavy atom. The predicted octanol–water partition coefficient (Wildman–Crippen LogP) is 2.07. The molecule has 0 aliphatic heterocycles. The Bertz CT molecular complexity index is 269. The summed E-state index contributed by atoms with van der Waals surface area (Å²) in [6, 6.07) is -0.266. The van der Waals surface area contributed by atoms with Crippen LogP contribution in [-0.4, -0.2) is 30.2 Å². The highest BCUT2D eigenvalue weighted by Gasteiger charge is 1.99. The lowest BCUT2D eigenvalue weighted by Gasteiger charge is -2.06. The molecule has 0 aromatic carbocycles. The highest BCUT2D eigenvalue weighted by molar-refractivity contribution is 6.29. The average Bonchev–Trinajstić information content (AvgIpc) is 2.24. The topological polar surface area (TPSA) is 78.4 Å². The van der Waals surface area contributed by atoms with E-state index >= 15 is 0 Å². The van der Waals surface area contributed by atoms with Gasteiger partial charge in [-0.25, -0.2) is 4.79 Å². The van der Waals surface area contributed by atoms with E-state index in [9.17, 15) is 9.59 Å². The fraction of sp³-hybridized carbons (Fsp3) is 0.636. The summed E-state index contributed by atoms with van der Waals surface area (Å²) in [7, 11) is 0. The number of amides is 2.